The lowest BCUT2D eigenvalue weighted by atomic mass is 9.88. The molecule has 8 nitrogen and oxygen atoms in total. The largest absolute Gasteiger partial charge is 0.460 e. The van der Waals surface area contributed by atoms with Crippen LogP contribution < -0.4 is 10.6 Å². The van der Waals surface area contributed by atoms with Crippen LogP contribution in [-0.2, 0) is 22.3 Å². The Labute approximate surface area is 364 Å². The smallest absolute Gasteiger partial charge is 0.288 e. The van der Waals surface area contributed by atoms with Crippen LogP contribution in [0.5, 0.6) is 0 Å². The van der Waals surface area contributed by atoms with E-state index in [-0.39, 0.29) is 61.6 Å². The molecule has 0 saturated carbocycles. The summed E-state index contributed by atoms with van der Waals surface area (Å²) in [5.41, 5.74) is 7.37. The normalized spacial score (nSPS) is 23.8. The van der Waals surface area contributed by atoms with Crippen LogP contribution in [0.4, 0.5) is 12.7 Å². The highest BCUT2D eigenvalue weighted by Gasteiger charge is 2.39. The van der Waals surface area contributed by atoms with Crippen molar-refractivity contribution in [2.24, 2.45) is 21.8 Å². The van der Waals surface area contributed by atoms with Gasteiger partial charge in [-0.3, -0.25) is 0 Å². The van der Waals surface area contributed by atoms with E-state index in [0.29, 0.717) is 11.8 Å². The molecule has 6 aliphatic heterocycles. The second kappa shape index (κ2) is 21.1. The van der Waals surface area contributed by atoms with Gasteiger partial charge in [-0.15, -0.1) is 0 Å². The lowest BCUT2D eigenvalue weighted by Gasteiger charge is -2.39. The Morgan fingerprint density at radius 3 is 1.33 bits per heavy atom. The fourth-order valence-corrected chi connectivity index (χ4v) is 9.55. The highest BCUT2D eigenvalue weighted by Crippen LogP contribution is 2.39. The fraction of sp³-hybridized carbons (Fsp3) is 0.447. The summed E-state index contributed by atoms with van der Waals surface area (Å²) in [6, 6.07) is 32.3. The van der Waals surface area contributed by atoms with Crippen LogP contribution in [0.1, 0.15) is 71.1 Å². The van der Waals surface area contributed by atoms with Gasteiger partial charge in [0.15, 0.2) is 0 Å². The van der Waals surface area contributed by atoms with Crippen LogP contribution in [0, 0.1) is 23.5 Å². The Bertz CT molecular complexity index is 1900. The molecule has 2 saturated heterocycles. The molecular formula is C47H57F3N6O2S2. The van der Waals surface area contributed by atoms with Crippen molar-refractivity contribution in [3.05, 3.63) is 142 Å². The third-order valence-corrected chi connectivity index (χ3v) is 12.6. The highest BCUT2D eigenvalue weighted by molar-refractivity contribution is 7.93. The summed E-state index contributed by atoms with van der Waals surface area (Å²) in [7, 11) is 0. The molecule has 4 atom stereocenters. The van der Waals surface area contributed by atoms with Crippen LogP contribution in [0.25, 0.3) is 0 Å². The molecule has 2 unspecified atom stereocenters. The summed E-state index contributed by atoms with van der Waals surface area (Å²) in [5, 5.41) is 6.85. The summed E-state index contributed by atoms with van der Waals surface area (Å²) in [4.78, 5) is 14.2. The lowest BCUT2D eigenvalue weighted by Crippen LogP contribution is -2.42. The minimum atomic E-state index is -0.208. The first-order valence-corrected chi connectivity index (χ1v) is 22.3. The maximum atomic E-state index is 13.5. The maximum Gasteiger partial charge on any atom is 0.288 e. The van der Waals surface area contributed by atoms with Gasteiger partial charge >= 0.3 is 0 Å². The summed E-state index contributed by atoms with van der Waals surface area (Å²) < 4.78 is 50.1. The van der Waals surface area contributed by atoms with E-state index in [0.717, 1.165) is 114 Å². The van der Waals surface area contributed by atoms with Gasteiger partial charge in [-0.25, -0.2) is 18.8 Å². The molecule has 320 valence electrons. The Morgan fingerprint density at radius 1 is 0.583 bits per heavy atom. The summed E-state index contributed by atoms with van der Waals surface area (Å²) in [5.74, 6) is 0.729. The van der Waals surface area contributed by atoms with Crippen molar-refractivity contribution in [1.29, 1.82) is 0 Å². The van der Waals surface area contributed by atoms with Gasteiger partial charge in [-0.2, -0.15) is 17.4 Å². The first-order valence-electron chi connectivity index (χ1n) is 21.2. The third-order valence-electron chi connectivity index (χ3n) is 12.6. The number of fused-ring (bicyclic) bond motifs is 2. The molecule has 6 aliphatic rings. The predicted octanol–water partition coefficient (Wildman–Crippen LogP) is 8.40. The summed E-state index contributed by atoms with van der Waals surface area (Å²) in [6.45, 7) is 7.46. The molecule has 2 N–H and O–H groups in total. The molecule has 0 amide bonds. The van der Waals surface area contributed by atoms with E-state index in [4.69, 9.17) is 19.5 Å². The first-order chi connectivity index (χ1) is 29.0. The van der Waals surface area contributed by atoms with Crippen LogP contribution in [-0.4, -0.2) is 92.7 Å². The minimum absolute atomic E-state index is 0. The maximum absolute atomic E-state index is 13.5. The van der Waals surface area contributed by atoms with Gasteiger partial charge in [0, 0.05) is 43.3 Å². The molecule has 0 aromatic heterocycles. The Hall–Kier alpha value is -4.17. The number of halogens is 3. The number of piperidine rings is 2. The monoisotopic (exact) mass is 858 g/mol. The molecule has 0 spiro atoms. The van der Waals surface area contributed by atoms with Crippen molar-refractivity contribution < 1.29 is 22.1 Å². The van der Waals surface area contributed by atoms with Crippen LogP contribution >= 0.6 is 25.6 Å². The SMILES string of the molecule is CSF.Fc1ccc([C@H]2c3ccccc3CCN2C2=NCC(C3CCNCC3)O2)cc1.Fc1ccc([C@H]2c3ccccc3CCN2C2=NCC(C3CCNCC3)O2)cc1.S. The Kier molecular flexibility index (Phi) is 15.4. The number of amidine groups is 2. The van der Waals surface area contributed by atoms with E-state index < -0.39 is 0 Å². The minimum Gasteiger partial charge on any atom is -0.460 e. The fourth-order valence-electron chi connectivity index (χ4n) is 9.55. The number of ether oxygens (including phenoxy) is 2. The van der Waals surface area contributed by atoms with Gasteiger partial charge in [0.1, 0.15) is 23.8 Å². The van der Waals surface area contributed by atoms with E-state index in [2.05, 4.69) is 69.0 Å². The zero-order chi connectivity index (χ0) is 40.6. The van der Waals surface area contributed by atoms with Gasteiger partial charge < -0.3 is 29.9 Å². The molecule has 0 aliphatic carbocycles. The second-order valence-corrected chi connectivity index (χ2v) is 16.4. The number of benzene rings is 4. The number of hydrogen-bond donors (Lipinski definition) is 2. The lowest BCUT2D eigenvalue weighted by molar-refractivity contribution is 0.101. The summed E-state index contributed by atoms with van der Waals surface area (Å²) in [6.07, 6.45) is 8.28. The average Bonchev–Trinajstić information content (AvgIpc) is 3.99. The number of rotatable bonds is 4. The quantitative estimate of drug-likeness (QED) is 0.214. The van der Waals surface area contributed by atoms with Crippen molar-refractivity contribution in [2.75, 3.05) is 58.6 Å². The molecule has 4 aromatic carbocycles. The zero-order valence-electron chi connectivity index (χ0n) is 34.2. The Morgan fingerprint density at radius 2 is 0.950 bits per heavy atom. The van der Waals surface area contributed by atoms with Gasteiger partial charge in [-0.05, 0) is 122 Å². The van der Waals surface area contributed by atoms with Crippen molar-refractivity contribution in [1.82, 2.24) is 20.4 Å². The standard InChI is InChI=1S/2C23H26FN3O.CH3FS.H2S/c2*24-19-7-5-18(6-8-19)22-20-4-2-1-3-16(20)11-14-27(22)23-26-15-21(28-23)17-9-12-25-13-10-17;1-3-2;/h2*1-8,17,21-22,25H,9-15H2;1H3;1H2/t2*21?,22-;;/m00../s1. The van der Waals surface area contributed by atoms with E-state index in [9.17, 15) is 12.7 Å². The topological polar surface area (TPSA) is 73.7 Å². The average molecular weight is 859 g/mol. The number of nitrogens with one attached hydrogen (secondary N) is 2. The van der Waals surface area contributed by atoms with E-state index >= 15 is 0 Å². The second-order valence-electron chi connectivity index (χ2n) is 16.1. The molecule has 2 fully saturated rings. The zero-order valence-corrected chi connectivity index (χ0v) is 36.1. The van der Waals surface area contributed by atoms with Crippen molar-refractivity contribution in [2.45, 2.75) is 62.8 Å². The van der Waals surface area contributed by atoms with E-state index in [1.165, 1.54) is 28.5 Å². The molecule has 0 radical (unpaired) electrons. The molecule has 60 heavy (non-hydrogen) atoms. The number of hydrogen-bond acceptors (Lipinski definition) is 9. The Balaban J connectivity index is 0.000000168. The van der Waals surface area contributed by atoms with E-state index in [1.54, 1.807) is 24.3 Å². The van der Waals surface area contributed by atoms with Crippen molar-refractivity contribution in [3.63, 3.8) is 0 Å². The van der Waals surface area contributed by atoms with Gasteiger partial charge in [0.05, 0.1) is 25.2 Å². The molecule has 6 heterocycles. The predicted molar refractivity (Wildman–Crippen MR) is 241 cm³/mol. The van der Waals surface area contributed by atoms with Crippen LogP contribution in [0.15, 0.2) is 107 Å². The van der Waals surface area contributed by atoms with Crippen LogP contribution in [0.3, 0.4) is 0 Å². The molecule has 4 aromatic rings. The highest BCUT2D eigenvalue weighted by atomic mass is 32.2. The van der Waals surface area contributed by atoms with E-state index in [1.807, 2.05) is 24.3 Å². The molecule has 0 bridgehead atoms. The summed E-state index contributed by atoms with van der Waals surface area (Å²) >= 11 is 0.250. The van der Waals surface area contributed by atoms with Crippen LogP contribution in [0.2, 0.25) is 0 Å². The van der Waals surface area contributed by atoms with Crippen molar-refractivity contribution >= 4 is 37.7 Å². The van der Waals surface area contributed by atoms with Gasteiger partial charge in [0.25, 0.3) is 12.0 Å². The molecular weight excluding hydrogens is 802 g/mol. The first kappa shape index (κ1) is 43.9. The number of nitrogens with zero attached hydrogens (tertiary/aromatic N) is 4. The van der Waals surface area contributed by atoms with Gasteiger partial charge in [-0.1, -0.05) is 72.8 Å². The third kappa shape index (κ3) is 10.1. The number of aliphatic imine (C=N–C) groups is 2. The van der Waals surface area contributed by atoms with Crippen molar-refractivity contribution in [3.8, 4) is 0 Å². The van der Waals surface area contributed by atoms with Gasteiger partial charge in [0.2, 0.25) is 0 Å². The molecule has 13 heteroatoms. The molecule has 10 rings (SSSR count).